The zero-order chi connectivity index (χ0) is 14.0. The molecule has 0 fully saturated rings. The van der Waals surface area contributed by atoms with E-state index in [1.165, 1.54) is 0 Å². The largest absolute Gasteiger partial charge is 0.456 e. The number of Topliss-reactive ketones (excluding diaryl/α,β-unsaturated/α-hetero) is 1. The van der Waals surface area contributed by atoms with E-state index in [0.29, 0.717) is 5.02 Å². The van der Waals surface area contributed by atoms with Gasteiger partial charge in [-0.25, -0.2) is 4.68 Å². The molecule has 4 nitrogen and oxygen atoms in total. The van der Waals surface area contributed by atoms with Gasteiger partial charge in [-0.3, -0.25) is 4.79 Å². The molecule has 0 aliphatic rings. The minimum absolute atomic E-state index is 0.204. The second-order valence-corrected chi connectivity index (χ2v) is 4.19. The lowest BCUT2D eigenvalue weighted by atomic mass is 10.2. The quantitative estimate of drug-likeness (QED) is 0.816. The molecule has 2 rings (SSSR count). The van der Waals surface area contributed by atoms with E-state index in [1.54, 1.807) is 24.3 Å². The lowest BCUT2D eigenvalue weighted by Crippen LogP contribution is -2.23. The van der Waals surface area contributed by atoms with Gasteiger partial charge in [-0.1, -0.05) is 28.9 Å². The fraction of sp³-hybridized carbons (Fsp3) is 0.182. The zero-order valence-electron chi connectivity index (χ0n) is 9.36. The van der Waals surface area contributed by atoms with E-state index < -0.39 is 17.7 Å². The zero-order valence-corrected chi connectivity index (χ0v) is 10.1. The molecule has 2 aromatic rings. The summed E-state index contributed by atoms with van der Waals surface area (Å²) in [6.45, 7) is 0.204. The van der Waals surface area contributed by atoms with Crippen molar-refractivity contribution >= 4 is 17.4 Å². The van der Waals surface area contributed by atoms with Gasteiger partial charge in [0, 0.05) is 5.02 Å². The van der Waals surface area contributed by atoms with Crippen molar-refractivity contribution < 1.29 is 18.0 Å². The number of nitrogens with zero attached hydrogens (tertiary/aromatic N) is 3. The van der Waals surface area contributed by atoms with Crippen LogP contribution in [0.3, 0.4) is 0 Å². The van der Waals surface area contributed by atoms with Gasteiger partial charge in [0.2, 0.25) is 0 Å². The standard InChI is InChI=1S/C11H7ClF3N3O/c12-8-3-1-7(2-4-8)5-18-6-9(16-17-18)10(19)11(13,14)15/h1-4,6H,5H2. The second-order valence-electron chi connectivity index (χ2n) is 3.75. The SMILES string of the molecule is O=C(c1cn(Cc2ccc(Cl)cc2)nn1)C(F)(F)F. The Morgan fingerprint density at radius 2 is 1.89 bits per heavy atom. The first kappa shape index (κ1) is 13.5. The summed E-state index contributed by atoms with van der Waals surface area (Å²) < 4.78 is 37.7. The highest BCUT2D eigenvalue weighted by atomic mass is 35.5. The van der Waals surface area contributed by atoms with Crippen LogP contribution < -0.4 is 0 Å². The van der Waals surface area contributed by atoms with Gasteiger partial charge in [0.05, 0.1) is 12.7 Å². The minimum Gasteiger partial charge on any atom is -0.282 e. The molecule has 0 saturated heterocycles. The maximum atomic E-state index is 12.2. The molecule has 8 heteroatoms. The maximum Gasteiger partial charge on any atom is 0.456 e. The first-order valence-corrected chi connectivity index (χ1v) is 5.50. The maximum absolute atomic E-state index is 12.2. The third-order valence-electron chi connectivity index (χ3n) is 2.29. The van der Waals surface area contributed by atoms with Crippen molar-refractivity contribution in [2.45, 2.75) is 12.7 Å². The molecule has 0 radical (unpaired) electrons. The Labute approximate surface area is 110 Å². The summed E-state index contributed by atoms with van der Waals surface area (Å²) in [4.78, 5) is 10.9. The minimum atomic E-state index is -4.94. The number of alkyl halides is 3. The first-order valence-electron chi connectivity index (χ1n) is 5.12. The first-order chi connectivity index (χ1) is 8.86. The predicted molar refractivity (Wildman–Crippen MR) is 61.0 cm³/mol. The summed E-state index contributed by atoms with van der Waals surface area (Å²) in [7, 11) is 0. The summed E-state index contributed by atoms with van der Waals surface area (Å²) in [6.07, 6.45) is -3.98. The number of hydrogen-bond donors (Lipinski definition) is 0. The molecule has 1 aromatic heterocycles. The normalized spacial score (nSPS) is 11.6. The Balaban J connectivity index is 2.14. The van der Waals surface area contributed by atoms with E-state index in [2.05, 4.69) is 10.3 Å². The molecule has 19 heavy (non-hydrogen) atoms. The summed E-state index contributed by atoms with van der Waals surface area (Å²) in [5, 5.41) is 7.25. The van der Waals surface area contributed by atoms with Gasteiger partial charge in [-0.15, -0.1) is 5.10 Å². The van der Waals surface area contributed by atoms with Crippen molar-refractivity contribution in [1.82, 2.24) is 15.0 Å². The summed E-state index contributed by atoms with van der Waals surface area (Å²) in [5.74, 6) is -2.00. The van der Waals surface area contributed by atoms with Crippen LogP contribution in [0, 0.1) is 0 Å². The Morgan fingerprint density at radius 3 is 2.47 bits per heavy atom. The molecule has 0 bridgehead atoms. The molecule has 1 heterocycles. The van der Waals surface area contributed by atoms with E-state index in [9.17, 15) is 18.0 Å². The van der Waals surface area contributed by atoms with Crippen LogP contribution in [0.15, 0.2) is 30.5 Å². The van der Waals surface area contributed by atoms with Gasteiger partial charge in [0.15, 0.2) is 5.69 Å². The highest BCUT2D eigenvalue weighted by molar-refractivity contribution is 6.30. The fourth-order valence-corrected chi connectivity index (χ4v) is 1.53. The van der Waals surface area contributed by atoms with Crippen molar-refractivity contribution in [1.29, 1.82) is 0 Å². The molecular weight excluding hydrogens is 283 g/mol. The molecule has 0 spiro atoms. The number of hydrogen-bond acceptors (Lipinski definition) is 3. The van der Waals surface area contributed by atoms with E-state index in [4.69, 9.17) is 11.6 Å². The van der Waals surface area contributed by atoms with Crippen molar-refractivity contribution in [3.8, 4) is 0 Å². The number of carbonyl (C=O) groups excluding carboxylic acids is 1. The molecule has 0 amide bonds. The van der Waals surface area contributed by atoms with Crippen LogP contribution >= 0.6 is 11.6 Å². The van der Waals surface area contributed by atoms with Crippen molar-refractivity contribution in [3.63, 3.8) is 0 Å². The lowest BCUT2D eigenvalue weighted by molar-refractivity contribution is -0.0888. The molecule has 0 N–H and O–H groups in total. The van der Waals surface area contributed by atoms with Gasteiger partial charge in [0.25, 0.3) is 5.78 Å². The van der Waals surface area contributed by atoms with Crippen LogP contribution in [0.1, 0.15) is 16.1 Å². The topological polar surface area (TPSA) is 47.8 Å². The number of carbonyl (C=O) groups is 1. The number of ketones is 1. The van der Waals surface area contributed by atoms with Crippen molar-refractivity contribution in [3.05, 3.63) is 46.7 Å². The molecule has 0 atom stereocenters. The van der Waals surface area contributed by atoms with E-state index >= 15 is 0 Å². The second kappa shape index (κ2) is 5.00. The van der Waals surface area contributed by atoms with Crippen LogP contribution in [0.4, 0.5) is 13.2 Å². The summed E-state index contributed by atoms with van der Waals surface area (Å²) >= 11 is 5.71. The van der Waals surface area contributed by atoms with Crippen LogP contribution in [0.5, 0.6) is 0 Å². The molecule has 100 valence electrons. The highest BCUT2D eigenvalue weighted by Crippen LogP contribution is 2.20. The van der Waals surface area contributed by atoms with Crippen molar-refractivity contribution in [2.24, 2.45) is 0 Å². The third-order valence-corrected chi connectivity index (χ3v) is 2.54. The van der Waals surface area contributed by atoms with E-state index in [0.717, 1.165) is 16.4 Å². The summed E-state index contributed by atoms with van der Waals surface area (Å²) in [5.41, 5.74) is 0.0572. The predicted octanol–water partition coefficient (Wildman–Crippen LogP) is 2.72. The molecular formula is C11H7ClF3N3O. The monoisotopic (exact) mass is 289 g/mol. The van der Waals surface area contributed by atoms with Crippen LogP contribution in [-0.4, -0.2) is 27.0 Å². The summed E-state index contributed by atoms with van der Waals surface area (Å²) in [6, 6.07) is 6.70. The average Bonchev–Trinajstić information content (AvgIpc) is 2.78. The van der Waals surface area contributed by atoms with E-state index in [-0.39, 0.29) is 6.54 Å². The van der Waals surface area contributed by atoms with Crippen molar-refractivity contribution in [2.75, 3.05) is 0 Å². The smallest absolute Gasteiger partial charge is 0.282 e. The highest BCUT2D eigenvalue weighted by Gasteiger charge is 2.41. The van der Waals surface area contributed by atoms with Gasteiger partial charge >= 0.3 is 6.18 Å². The van der Waals surface area contributed by atoms with Crippen LogP contribution in [-0.2, 0) is 6.54 Å². The molecule has 0 unspecified atom stereocenters. The molecule has 0 aliphatic heterocycles. The average molecular weight is 290 g/mol. The Bertz CT molecular complexity index is 592. The van der Waals surface area contributed by atoms with Gasteiger partial charge in [-0.05, 0) is 17.7 Å². The number of benzene rings is 1. The number of rotatable bonds is 3. The Kier molecular flexibility index (Phi) is 3.57. The van der Waals surface area contributed by atoms with Crippen LogP contribution in [0.2, 0.25) is 5.02 Å². The molecule has 1 aromatic carbocycles. The Morgan fingerprint density at radius 1 is 1.26 bits per heavy atom. The van der Waals surface area contributed by atoms with E-state index in [1.807, 2.05) is 0 Å². The number of aromatic nitrogens is 3. The van der Waals surface area contributed by atoms with Gasteiger partial charge < -0.3 is 0 Å². The Hall–Kier alpha value is -1.89. The van der Waals surface area contributed by atoms with Gasteiger partial charge in [-0.2, -0.15) is 13.2 Å². The molecule has 0 saturated carbocycles. The molecule has 0 aliphatic carbocycles. The number of halogens is 4. The van der Waals surface area contributed by atoms with Crippen LogP contribution in [0.25, 0.3) is 0 Å². The van der Waals surface area contributed by atoms with Gasteiger partial charge in [0.1, 0.15) is 0 Å². The third kappa shape index (κ3) is 3.31. The lowest BCUT2D eigenvalue weighted by Gasteiger charge is -2.01. The fourth-order valence-electron chi connectivity index (χ4n) is 1.40.